The number of carbonyl (C=O) groups is 3. The molecule has 2 saturated carbocycles. The quantitative estimate of drug-likeness (QED) is 0.353. The molecule has 0 spiro atoms. The molecule has 0 radical (unpaired) electrons. The van der Waals surface area contributed by atoms with Crippen LogP contribution in [0.4, 0.5) is 0 Å². The van der Waals surface area contributed by atoms with Crippen LogP contribution < -0.4 is 0 Å². The summed E-state index contributed by atoms with van der Waals surface area (Å²) < 4.78 is 28.6. The molecule has 1 aromatic rings. The predicted molar refractivity (Wildman–Crippen MR) is 131 cm³/mol. The van der Waals surface area contributed by atoms with Gasteiger partial charge in [0.2, 0.25) is 0 Å². The van der Waals surface area contributed by atoms with Crippen molar-refractivity contribution in [3.63, 3.8) is 0 Å². The van der Waals surface area contributed by atoms with Gasteiger partial charge in [0.25, 0.3) is 0 Å². The Morgan fingerprint density at radius 3 is 2.66 bits per heavy atom. The van der Waals surface area contributed by atoms with E-state index in [0.29, 0.717) is 6.42 Å². The molecule has 1 N–H and O–H groups in total. The Hall–Kier alpha value is -2.65. The topological polar surface area (TPSA) is 122 Å². The zero-order valence-electron chi connectivity index (χ0n) is 22.6. The number of ether oxygens (including phenoxy) is 4. The van der Waals surface area contributed by atoms with Crippen LogP contribution in [-0.4, -0.2) is 48.6 Å². The van der Waals surface area contributed by atoms with Gasteiger partial charge in [-0.3, -0.25) is 14.4 Å². The molecule has 206 valence electrons. The van der Waals surface area contributed by atoms with E-state index in [1.807, 2.05) is 19.9 Å². The summed E-state index contributed by atoms with van der Waals surface area (Å²) in [4.78, 5) is 38.1. The van der Waals surface area contributed by atoms with Crippen LogP contribution in [0.15, 0.2) is 34.2 Å². The molecule has 3 aliphatic heterocycles. The van der Waals surface area contributed by atoms with Gasteiger partial charge < -0.3 is 28.5 Å². The van der Waals surface area contributed by atoms with Gasteiger partial charge in [-0.1, -0.05) is 26.3 Å². The maximum atomic E-state index is 13.0. The van der Waals surface area contributed by atoms with Crippen molar-refractivity contribution in [3.05, 3.63) is 35.3 Å². The van der Waals surface area contributed by atoms with Gasteiger partial charge >= 0.3 is 17.9 Å². The molecule has 4 heterocycles. The number of hydrogen-bond donors (Lipinski definition) is 1. The average Bonchev–Trinajstić information content (AvgIpc) is 3.39. The van der Waals surface area contributed by atoms with Crippen molar-refractivity contribution >= 4 is 17.9 Å². The van der Waals surface area contributed by atoms with E-state index in [1.165, 1.54) is 14.0 Å². The highest BCUT2D eigenvalue weighted by Gasteiger charge is 2.79. The Bertz CT molecular complexity index is 1220. The van der Waals surface area contributed by atoms with Gasteiger partial charge in [-0.2, -0.15) is 0 Å². The summed E-state index contributed by atoms with van der Waals surface area (Å²) in [6, 6.07) is 1.83. The number of rotatable bonds is 4. The number of methoxy groups -OCH3 is 1. The molecule has 9 unspecified atom stereocenters. The molecule has 3 saturated heterocycles. The number of esters is 3. The van der Waals surface area contributed by atoms with Crippen LogP contribution in [0.2, 0.25) is 0 Å². The summed E-state index contributed by atoms with van der Waals surface area (Å²) in [5.74, 6) is -3.79. The Morgan fingerprint density at radius 1 is 1.24 bits per heavy atom. The summed E-state index contributed by atoms with van der Waals surface area (Å²) in [6.45, 7) is 7.67. The first-order valence-electron chi connectivity index (χ1n) is 13.4. The Balaban J connectivity index is 1.55. The third kappa shape index (κ3) is 3.09. The van der Waals surface area contributed by atoms with Crippen molar-refractivity contribution in [1.29, 1.82) is 0 Å². The fourth-order valence-electron chi connectivity index (χ4n) is 9.16. The van der Waals surface area contributed by atoms with E-state index in [9.17, 15) is 19.5 Å². The summed E-state index contributed by atoms with van der Waals surface area (Å²) in [7, 11) is 1.36. The van der Waals surface area contributed by atoms with Crippen LogP contribution in [0.25, 0.3) is 0 Å². The SMILES string of the molecule is COC(=O)CC1C2(C)COC3(O)C(CC4=C5CC(=O)OC(c6ccoc6)C5(C)CCC4C13C)C2OC(C)=O. The van der Waals surface area contributed by atoms with E-state index in [4.69, 9.17) is 23.4 Å². The first kappa shape index (κ1) is 25.6. The van der Waals surface area contributed by atoms with E-state index in [0.717, 1.165) is 29.6 Å². The normalized spacial score (nSPS) is 45.1. The van der Waals surface area contributed by atoms with Crippen molar-refractivity contribution < 1.29 is 42.9 Å². The van der Waals surface area contributed by atoms with Crippen LogP contribution in [0.3, 0.4) is 0 Å². The molecule has 38 heavy (non-hydrogen) atoms. The lowest BCUT2D eigenvalue weighted by molar-refractivity contribution is -0.438. The van der Waals surface area contributed by atoms with Crippen molar-refractivity contribution in [3.8, 4) is 0 Å². The standard InChI is InChI=1S/C29H36O9/c1-15(30)37-25-20-10-17-18(28(4)21(12-22(31)34-5)27(25,3)14-36-29(20,28)33)6-8-26(2)19(17)11-23(32)38-24(26)16-7-9-35-13-16/h7,9,13,18,20-21,24-25,33H,6,8,10-12,14H2,1-5H3. The minimum Gasteiger partial charge on any atom is -0.472 e. The lowest BCUT2D eigenvalue weighted by atomic mass is 9.37. The second-order valence-corrected chi connectivity index (χ2v) is 12.6. The molecule has 9 atom stereocenters. The van der Waals surface area contributed by atoms with Gasteiger partial charge in [-0.05, 0) is 42.7 Å². The van der Waals surface area contributed by atoms with Crippen LogP contribution in [-0.2, 0) is 33.3 Å². The van der Waals surface area contributed by atoms with E-state index in [1.54, 1.807) is 12.5 Å². The third-order valence-corrected chi connectivity index (χ3v) is 10.9. The number of cyclic esters (lactones) is 1. The highest BCUT2D eigenvalue weighted by atomic mass is 16.6. The van der Waals surface area contributed by atoms with Gasteiger partial charge in [0.15, 0.2) is 5.79 Å². The van der Waals surface area contributed by atoms with Crippen molar-refractivity contribution in [2.45, 2.75) is 77.8 Å². The van der Waals surface area contributed by atoms with Crippen LogP contribution in [0.5, 0.6) is 0 Å². The first-order chi connectivity index (χ1) is 17.9. The Morgan fingerprint density at radius 2 is 2.00 bits per heavy atom. The molecule has 7 rings (SSSR count). The second-order valence-electron chi connectivity index (χ2n) is 12.6. The molecular formula is C29H36O9. The smallest absolute Gasteiger partial charge is 0.310 e. The molecule has 9 heteroatoms. The monoisotopic (exact) mass is 528 g/mol. The Kier molecular flexibility index (Phi) is 5.51. The molecule has 4 bridgehead atoms. The average molecular weight is 529 g/mol. The first-order valence-corrected chi connectivity index (χ1v) is 13.4. The summed E-state index contributed by atoms with van der Waals surface area (Å²) in [5.41, 5.74) is 0.911. The molecule has 6 aliphatic rings. The van der Waals surface area contributed by atoms with Gasteiger partial charge in [0.1, 0.15) is 12.2 Å². The zero-order valence-corrected chi connectivity index (χ0v) is 22.6. The van der Waals surface area contributed by atoms with E-state index >= 15 is 0 Å². The third-order valence-electron chi connectivity index (χ3n) is 10.9. The highest BCUT2D eigenvalue weighted by molar-refractivity contribution is 5.76. The largest absolute Gasteiger partial charge is 0.472 e. The predicted octanol–water partition coefficient (Wildman–Crippen LogP) is 3.86. The number of aliphatic hydroxyl groups is 1. The molecule has 0 amide bonds. The number of hydrogen-bond acceptors (Lipinski definition) is 9. The fraction of sp³-hybridized carbons (Fsp3) is 0.690. The van der Waals surface area contributed by atoms with Crippen molar-refractivity contribution in [2.24, 2.45) is 34.0 Å². The van der Waals surface area contributed by atoms with E-state index in [2.05, 4.69) is 6.92 Å². The fourth-order valence-corrected chi connectivity index (χ4v) is 9.16. The molecule has 0 aromatic carbocycles. The maximum absolute atomic E-state index is 13.0. The minimum absolute atomic E-state index is 0.0652. The number of allylic oxidation sites excluding steroid dienone is 1. The molecule has 3 aliphatic carbocycles. The van der Waals surface area contributed by atoms with E-state index < -0.39 is 46.1 Å². The van der Waals surface area contributed by atoms with Crippen molar-refractivity contribution in [2.75, 3.05) is 13.7 Å². The van der Waals surface area contributed by atoms with Crippen molar-refractivity contribution in [1.82, 2.24) is 0 Å². The highest BCUT2D eigenvalue weighted by Crippen LogP contribution is 2.74. The van der Waals surface area contributed by atoms with Gasteiger partial charge in [0, 0.05) is 35.2 Å². The maximum Gasteiger partial charge on any atom is 0.310 e. The molecular weight excluding hydrogens is 492 g/mol. The van der Waals surface area contributed by atoms with Crippen LogP contribution in [0, 0.1) is 34.0 Å². The number of carbonyl (C=O) groups excluding carboxylic acids is 3. The summed E-state index contributed by atoms with van der Waals surface area (Å²) in [5, 5.41) is 12.4. The second kappa shape index (κ2) is 8.18. The molecule has 9 nitrogen and oxygen atoms in total. The lowest BCUT2D eigenvalue weighted by Crippen LogP contribution is -2.80. The van der Waals surface area contributed by atoms with Gasteiger partial charge in [-0.25, -0.2) is 0 Å². The van der Waals surface area contributed by atoms with Crippen LogP contribution >= 0.6 is 0 Å². The van der Waals surface area contributed by atoms with Crippen LogP contribution in [0.1, 0.15) is 71.5 Å². The number of fused-ring (bicyclic) bond motifs is 3. The Labute approximate surface area is 221 Å². The summed E-state index contributed by atoms with van der Waals surface area (Å²) >= 11 is 0. The van der Waals surface area contributed by atoms with E-state index in [-0.39, 0.29) is 43.2 Å². The summed E-state index contributed by atoms with van der Waals surface area (Å²) in [6.07, 6.45) is 4.17. The molecule has 5 fully saturated rings. The molecule has 1 aromatic heterocycles. The zero-order chi connectivity index (χ0) is 27.3. The number of furan rings is 1. The van der Waals surface area contributed by atoms with Gasteiger partial charge in [0.05, 0.1) is 38.6 Å². The lowest BCUT2D eigenvalue weighted by Gasteiger charge is -2.74. The minimum atomic E-state index is -1.61. The van der Waals surface area contributed by atoms with Gasteiger partial charge in [-0.15, -0.1) is 0 Å².